The molecule has 0 aromatic heterocycles. The van der Waals surface area contributed by atoms with Crippen molar-refractivity contribution in [3.05, 3.63) is 0 Å². The summed E-state index contributed by atoms with van der Waals surface area (Å²) in [5, 5.41) is 0. The van der Waals surface area contributed by atoms with Crippen molar-refractivity contribution < 1.29 is 47.7 Å². The van der Waals surface area contributed by atoms with Gasteiger partial charge in [-0.1, -0.05) is 25.7 Å². The first-order valence-corrected chi connectivity index (χ1v) is 20.2. The molecule has 0 bridgehead atoms. The molecule has 0 spiro atoms. The molecule has 2 fully saturated rings. The van der Waals surface area contributed by atoms with Gasteiger partial charge in [0.15, 0.2) is 0 Å². The summed E-state index contributed by atoms with van der Waals surface area (Å²) in [7, 11) is 0. The molecule has 4 atom stereocenters. The molecule has 2 saturated carbocycles. The lowest BCUT2D eigenvalue weighted by molar-refractivity contribution is -0.166. The van der Waals surface area contributed by atoms with Crippen LogP contribution in [0.15, 0.2) is 0 Å². The highest BCUT2D eigenvalue weighted by Crippen LogP contribution is 2.35. The van der Waals surface area contributed by atoms with Crippen LogP contribution in [0, 0.1) is 0 Å². The van der Waals surface area contributed by atoms with E-state index in [0.717, 1.165) is 25.7 Å². The fourth-order valence-electron chi connectivity index (χ4n) is 7.55. The Balaban J connectivity index is 2.71. The lowest BCUT2D eigenvalue weighted by Crippen LogP contribution is -2.64. The van der Waals surface area contributed by atoms with Gasteiger partial charge < -0.3 is 23.7 Å². The number of ether oxygens (including phenoxy) is 5. The second kappa shape index (κ2) is 19.6. The Kier molecular flexibility index (Phi) is 17.2. The lowest BCUT2D eigenvalue weighted by atomic mass is 9.82. The molecule has 0 heterocycles. The van der Waals surface area contributed by atoms with Crippen LogP contribution in [0.5, 0.6) is 0 Å². The number of hydrogen-bond acceptors (Lipinski definition) is 13. The molecular formula is C42H75N3O10. The van der Waals surface area contributed by atoms with Crippen LogP contribution in [0.25, 0.3) is 0 Å². The number of esters is 5. The van der Waals surface area contributed by atoms with Crippen LogP contribution in [0.1, 0.15) is 155 Å². The maximum absolute atomic E-state index is 13.9. The summed E-state index contributed by atoms with van der Waals surface area (Å²) in [6.45, 7) is 26.5. The number of hydrogen-bond donors (Lipinski definition) is 0. The van der Waals surface area contributed by atoms with Crippen LogP contribution in [-0.4, -0.2) is 129 Å². The van der Waals surface area contributed by atoms with Gasteiger partial charge in [0.05, 0.1) is 32.7 Å². The summed E-state index contributed by atoms with van der Waals surface area (Å²) in [6, 6.07) is -1.24. The van der Waals surface area contributed by atoms with Crippen LogP contribution >= 0.6 is 0 Å². The molecule has 318 valence electrons. The Morgan fingerprint density at radius 2 is 0.564 bits per heavy atom. The molecular weight excluding hydrogens is 706 g/mol. The molecule has 13 heteroatoms. The third kappa shape index (κ3) is 19.3. The topological polar surface area (TPSA) is 141 Å². The molecule has 55 heavy (non-hydrogen) atoms. The largest absolute Gasteiger partial charge is 0.459 e. The maximum atomic E-state index is 13.9. The summed E-state index contributed by atoms with van der Waals surface area (Å²) < 4.78 is 28.9. The zero-order valence-electron chi connectivity index (χ0n) is 36.9. The normalized spacial score (nSPS) is 21.6. The first-order chi connectivity index (χ1) is 24.9. The van der Waals surface area contributed by atoms with Gasteiger partial charge in [-0.25, -0.2) is 0 Å². The first-order valence-electron chi connectivity index (χ1n) is 20.2. The minimum absolute atomic E-state index is 0.0565. The average molecular weight is 782 g/mol. The van der Waals surface area contributed by atoms with Crippen LogP contribution in [0.4, 0.5) is 0 Å². The molecule has 0 aromatic carbocycles. The molecule has 0 saturated heterocycles. The molecule has 0 aromatic rings. The lowest BCUT2D eigenvalue weighted by Gasteiger charge is -2.51. The van der Waals surface area contributed by atoms with Gasteiger partial charge in [-0.15, -0.1) is 0 Å². The zero-order chi connectivity index (χ0) is 42.2. The van der Waals surface area contributed by atoms with E-state index in [1.54, 1.807) is 83.1 Å². The van der Waals surface area contributed by atoms with Gasteiger partial charge >= 0.3 is 29.8 Å². The van der Waals surface area contributed by atoms with E-state index in [-0.39, 0.29) is 56.9 Å². The third-order valence-electron chi connectivity index (χ3n) is 8.92. The summed E-state index contributed by atoms with van der Waals surface area (Å²) in [5.41, 5.74) is -3.66. The van der Waals surface area contributed by atoms with E-state index >= 15 is 0 Å². The Bertz CT molecular complexity index is 1150. The Labute approximate surface area is 331 Å². The summed E-state index contributed by atoms with van der Waals surface area (Å²) in [6.07, 6.45) is 6.17. The molecule has 0 aliphatic heterocycles. The number of carbonyl (C=O) groups is 5. The Morgan fingerprint density at radius 3 is 0.782 bits per heavy atom. The van der Waals surface area contributed by atoms with E-state index in [9.17, 15) is 24.0 Å². The number of nitrogens with zero attached hydrogens (tertiary/aromatic N) is 3. The summed E-state index contributed by atoms with van der Waals surface area (Å²) >= 11 is 0. The van der Waals surface area contributed by atoms with E-state index in [1.165, 1.54) is 0 Å². The Morgan fingerprint density at radius 1 is 0.364 bits per heavy atom. The highest BCUT2D eigenvalue weighted by molar-refractivity contribution is 5.76. The standard InChI is InChI=1S/C42H75N3O10/c1-38(2,3)51-33(46)24-43(25-34(47)52-39(4,5)6)29-20-16-18-22-31(29)45(28-37(50)55-42(13,14)15)32-23-19-17-21-30(32)44(26-35(48)53-40(7,8)9)27-36(49)54-41(10,11)12/h29-32H,16-28H2,1-15H3/t29-,30+,31-,32+. The fourth-order valence-corrected chi connectivity index (χ4v) is 7.55. The zero-order valence-corrected chi connectivity index (χ0v) is 36.9. The maximum Gasteiger partial charge on any atom is 0.320 e. The van der Waals surface area contributed by atoms with E-state index in [2.05, 4.69) is 4.90 Å². The molecule has 13 nitrogen and oxygen atoms in total. The van der Waals surface area contributed by atoms with Gasteiger partial charge in [-0.2, -0.15) is 0 Å². The van der Waals surface area contributed by atoms with Crippen molar-refractivity contribution in [2.24, 2.45) is 0 Å². The van der Waals surface area contributed by atoms with E-state index in [1.807, 2.05) is 30.6 Å². The minimum Gasteiger partial charge on any atom is -0.459 e. The van der Waals surface area contributed by atoms with Crippen LogP contribution in [0.2, 0.25) is 0 Å². The second-order valence-electron chi connectivity index (χ2n) is 20.3. The quantitative estimate of drug-likeness (QED) is 0.146. The second-order valence-corrected chi connectivity index (χ2v) is 20.3. The van der Waals surface area contributed by atoms with Gasteiger partial charge in [0.2, 0.25) is 0 Å². The van der Waals surface area contributed by atoms with Crippen molar-refractivity contribution >= 4 is 29.8 Å². The van der Waals surface area contributed by atoms with Crippen LogP contribution < -0.4 is 0 Å². The van der Waals surface area contributed by atoms with Crippen LogP contribution in [0.3, 0.4) is 0 Å². The fraction of sp³-hybridized carbons (Fsp3) is 0.881. The molecule has 2 aliphatic rings. The SMILES string of the molecule is CC(C)(C)OC(=O)CN(CC(=O)OC(C)(C)C)[C@@H]1CCCC[C@H]1N(CC(=O)OC(C)(C)C)[C@H]1CCCC[C@@H]1N(CC(=O)OC(C)(C)C)CC(=O)OC(C)(C)C. The predicted octanol–water partition coefficient (Wildman–Crippen LogP) is 6.22. The predicted molar refractivity (Wildman–Crippen MR) is 211 cm³/mol. The molecule has 0 N–H and O–H groups in total. The third-order valence-corrected chi connectivity index (χ3v) is 8.92. The summed E-state index contributed by atoms with van der Waals surface area (Å²) in [5.74, 6) is -2.25. The molecule has 2 rings (SSSR count). The molecule has 2 aliphatic carbocycles. The van der Waals surface area contributed by atoms with Crippen molar-refractivity contribution in [3.8, 4) is 0 Å². The first kappa shape index (κ1) is 48.4. The van der Waals surface area contributed by atoms with E-state index in [0.29, 0.717) is 25.7 Å². The smallest absolute Gasteiger partial charge is 0.320 e. The highest BCUT2D eigenvalue weighted by atomic mass is 16.6. The molecule has 0 amide bonds. The van der Waals surface area contributed by atoms with E-state index < -0.39 is 57.9 Å². The van der Waals surface area contributed by atoms with Crippen molar-refractivity contribution in [1.29, 1.82) is 0 Å². The van der Waals surface area contributed by atoms with Gasteiger partial charge in [0.1, 0.15) is 28.0 Å². The van der Waals surface area contributed by atoms with Gasteiger partial charge in [-0.05, 0) is 130 Å². The molecule has 0 radical (unpaired) electrons. The molecule has 0 unspecified atom stereocenters. The average Bonchev–Trinajstić information content (AvgIpc) is 2.94. The van der Waals surface area contributed by atoms with E-state index in [4.69, 9.17) is 23.7 Å². The van der Waals surface area contributed by atoms with Gasteiger partial charge in [0.25, 0.3) is 0 Å². The van der Waals surface area contributed by atoms with Gasteiger partial charge in [0, 0.05) is 24.2 Å². The van der Waals surface area contributed by atoms with Crippen molar-refractivity contribution in [2.75, 3.05) is 32.7 Å². The minimum atomic E-state index is -0.736. The monoisotopic (exact) mass is 782 g/mol. The number of carbonyl (C=O) groups excluding carboxylic acids is 5. The highest BCUT2D eigenvalue weighted by Gasteiger charge is 2.45. The van der Waals surface area contributed by atoms with Gasteiger partial charge in [-0.3, -0.25) is 38.7 Å². The Hall–Kier alpha value is -2.77. The summed E-state index contributed by atoms with van der Waals surface area (Å²) in [4.78, 5) is 73.5. The van der Waals surface area contributed by atoms with Crippen LogP contribution in [-0.2, 0) is 47.7 Å². The van der Waals surface area contributed by atoms with Crippen molar-refractivity contribution in [1.82, 2.24) is 14.7 Å². The number of rotatable bonds is 14. The van der Waals surface area contributed by atoms with Crippen molar-refractivity contribution in [3.63, 3.8) is 0 Å². The van der Waals surface area contributed by atoms with Crippen molar-refractivity contribution in [2.45, 2.75) is 207 Å².